The fraction of sp³-hybridized carbons (Fsp3) is 0. The molecule has 0 aliphatic carbocycles. The molecule has 3 N–H and O–H groups in total. The minimum Gasteiger partial charge on any atom is -0.322 e. The van der Waals surface area contributed by atoms with Gasteiger partial charge in [-0.2, -0.15) is 0 Å². The van der Waals surface area contributed by atoms with E-state index in [1.165, 1.54) is 24.3 Å². The SMILES string of the molecule is NS(=O)(=O)c1ccc(NC(=O)c2ccn3cncc3c2)cc1. The van der Waals surface area contributed by atoms with E-state index in [1.807, 2.05) is 0 Å². The molecule has 0 aliphatic rings. The van der Waals surface area contributed by atoms with Crippen LogP contribution in [0.15, 0.2) is 60.0 Å². The second kappa shape index (κ2) is 5.24. The fourth-order valence-electron chi connectivity index (χ4n) is 1.99. The van der Waals surface area contributed by atoms with E-state index in [4.69, 9.17) is 5.14 Å². The number of benzene rings is 1. The Bertz CT molecular complexity index is 946. The lowest BCUT2D eigenvalue weighted by atomic mass is 10.2. The maximum absolute atomic E-state index is 12.2. The van der Waals surface area contributed by atoms with Crippen LogP contribution in [0.2, 0.25) is 0 Å². The molecular formula is C14H12N4O3S. The van der Waals surface area contributed by atoms with Gasteiger partial charge in [-0.1, -0.05) is 0 Å². The van der Waals surface area contributed by atoms with Gasteiger partial charge < -0.3 is 9.72 Å². The molecule has 0 unspecified atom stereocenters. The number of sulfonamides is 1. The van der Waals surface area contributed by atoms with Gasteiger partial charge in [0.1, 0.15) is 0 Å². The Balaban J connectivity index is 1.81. The van der Waals surface area contributed by atoms with Crippen molar-refractivity contribution in [3.63, 3.8) is 0 Å². The van der Waals surface area contributed by atoms with E-state index in [0.29, 0.717) is 11.3 Å². The number of aromatic nitrogens is 2. The van der Waals surface area contributed by atoms with Gasteiger partial charge in [-0.05, 0) is 36.4 Å². The lowest BCUT2D eigenvalue weighted by Crippen LogP contribution is -2.14. The monoisotopic (exact) mass is 316 g/mol. The summed E-state index contributed by atoms with van der Waals surface area (Å²) in [7, 11) is -3.74. The highest BCUT2D eigenvalue weighted by atomic mass is 32.2. The summed E-state index contributed by atoms with van der Waals surface area (Å²) < 4.78 is 24.1. The molecule has 2 aromatic heterocycles. The van der Waals surface area contributed by atoms with Crippen LogP contribution in [0.1, 0.15) is 10.4 Å². The summed E-state index contributed by atoms with van der Waals surface area (Å²) >= 11 is 0. The lowest BCUT2D eigenvalue weighted by Gasteiger charge is -2.06. The minimum absolute atomic E-state index is 0.00817. The van der Waals surface area contributed by atoms with Crippen LogP contribution >= 0.6 is 0 Å². The maximum atomic E-state index is 12.2. The van der Waals surface area contributed by atoms with Crippen molar-refractivity contribution in [2.45, 2.75) is 4.90 Å². The molecule has 3 aromatic rings. The molecule has 112 valence electrons. The molecule has 1 aromatic carbocycles. The molecule has 22 heavy (non-hydrogen) atoms. The zero-order valence-electron chi connectivity index (χ0n) is 11.3. The van der Waals surface area contributed by atoms with E-state index >= 15 is 0 Å². The number of amides is 1. The topological polar surface area (TPSA) is 107 Å². The van der Waals surface area contributed by atoms with Crippen molar-refractivity contribution < 1.29 is 13.2 Å². The number of rotatable bonds is 3. The second-order valence-electron chi connectivity index (χ2n) is 4.66. The second-order valence-corrected chi connectivity index (χ2v) is 6.23. The first kappa shape index (κ1) is 14.2. The molecule has 2 heterocycles. The first-order chi connectivity index (χ1) is 10.4. The Morgan fingerprint density at radius 1 is 1.18 bits per heavy atom. The highest BCUT2D eigenvalue weighted by Crippen LogP contribution is 2.14. The lowest BCUT2D eigenvalue weighted by molar-refractivity contribution is 0.102. The van der Waals surface area contributed by atoms with Crippen LogP contribution in [0, 0.1) is 0 Å². The number of primary sulfonamides is 1. The van der Waals surface area contributed by atoms with Crippen LogP contribution in [0.4, 0.5) is 5.69 Å². The zero-order chi connectivity index (χ0) is 15.7. The molecule has 0 bridgehead atoms. The van der Waals surface area contributed by atoms with Crippen LogP contribution in [0.25, 0.3) is 5.52 Å². The van der Waals surface area contributed by atoms with Crippen molar-refractivity contribution in [1.29, 1.82) is 0 Å². The van der Waals surface area contributed by atoms with E-state index in [1.54, 1.807) is 35.3 Å². The van der Waals surface area contributed by atoms with Crippen molar-refractivity contribution in [1.82, 2.24) is 9.38 Å². The Hall–Kier alpha value is -2.71. The first-order valence-electron chi connectivity index (χ1n) is 6.29. The van der Waals surface area contributed by atoms with Crippen molar-refractivity contribution in [3.05, 3.63) is 60.7 Å². The van der Waals surface area contributed by atoms with Crippen molar-refractivity contribution in [2.24, 2.45) is 5.14 Å². The van der Waals surface area contributed by atoms with Crippen LogP contribution < -0.4 is 10.5 Å². The molecule has 0 radical (unpaired) electrons. The van der Waals surface area contributed by atoms with Gasteiger partial charge in [-0.15, -0.1) is 0 Å². The van der Waals surface area contributed by atoms with Crippen LogP contribution in [-0.2, 0) is 10.0 Å². The number of nitrogens with zero attached hydrogens (tertiary/aromatic N) is 2. The zero-order valence-corrected chi connectivity index (χ0v) is 12.1. The largest absolute Gasteiger partial charge is 0.322 e. The number of carbonyl (C=O) groups is 1. The summed E-state index contributed by atoms with van der Waals surface area (Å²) in [5.41, 5.74) is 1.76. The molecule has 0 fully saturated rings. The summed E-state index contributed by atoms with van der Waals surface area (Å²) in [6.07, 6.45) is 5.03. The highest BCUT2D eigenvalue weighted by molar-refractivity contribution is 7.89. The summed E-state index contributed by atoms with van der Waals surface area (Å²) in [6.45, 7) is 0. The number of nitrogens with two attached hydrogens (primary N) is 1. The Labute approximate surface area is 126 Å². The van der Waals surface area contributed by atoms with Gasteiger partial charge in [0.2, 0.25) is 10.0 Å². The van der Waals surface area contributed by atoms with Gasteiger partial charge in [0.25, 0.3) is 5.91 Å². The van der Waals surface area contributed by atoms with Crippen LogP contribution in [0.3, 0.4) is 0 Å². The smallest absolute Gasteiger partial charge is 0.255 e. The molecule has 0 atom stereocenters. The van der Waals surface area contributed by atoms with Crippen molar-refractivity contribution in [2.75, 3.05) is 5.32 Å². The Morgan fingerprint density at radius 3 is 2.59 bits per heavy atom. The van der Waals surface area contributed by atoms with Gasteiger partial charge in [0.05, 0.1) is 22.9 Å². The third-order valence-corrected chi connectivity index (χ3v) is 4.05. The fourth-order valence-corrected chi connectivity index (χ4v) is 2.51. The Morgan fingerprint density at radius 2 is 1.91 bits per heavy atom. The molecule has 3 rings (SSSR count). The molecule has 0 saturated carbocycles. The average molecular weight is 316 g/mol. The van der Waals surface area contributed by atoms with Gasteiger partial charge in [0.15, 0.2) is 0 Å². The minimum atomic E-state index is -3.74. The average Bonchev–Trinajstić information content (AvgIpc) is 2.94. The molecule has 7 nitrogen and oxygen atoms in total. The Kier molecular flexibility index (Phi) is 3.39. The number of nitrogens with one attached hydrogen (secondary N) is 1. The third-order valence-electron chi connectivity index (χ3n) is 3.12. The molecule has 8 heteroatoms. The number of carbonyl (C=O) groups excluding carboxylic acids is 1. The quantitative estimate of drug-likeness (QED) is 0.758. The highest BCUT2D eigenvalue weighted by Gasteiger charge is 2.10. The normalized spacial score (nSPS) is 11.5. The summed E-state index contributed by atoms with van der Waals surface area (Å²) in [6, 6.07) is 9.02. The van der Waals surface area contributed by atoms with E-state index in [-0.39, 0.29) is 10.8 Å². The molecular weight excluding hydrogens is 304 g/mol. The van der Waals surface area contributed by atoms with E-state index in [2.05, 4.69) is 10.3 Å². The summed E-state index contributed by atoms with van der Waals surface area (Å²) in [4.78, 5) is 16.2. The maximum Gasteiger partial charge on any atom is 0.255 e. The van der Waals surface area contributed by atoms with E-state index in [0.717, 1.165) is 5.52 Å². The number of hydrogen-bond donors (Lipinski definition) is 2. The van der Waals surface area contributed by atoms with Gasteiger partial charge in [-0.25, -0.2) is 18.5 Å². The number of hydrogen-bond acceptors (Lipinski definition) is 4. The number of imidazole rings is 1. The van der Waals surface area contributed by atoms with Gasteiger partial charge >= 0.3 is 0 Å². The predicted octanol–water partition coefficient (Wildman–Crippen LogP) is 1.23. The van der Waals surface area contributed by atoms with Crippen molar-refractivity contribution in [3.8, 4) is 0 Å². The van der Waals surface area contributed by atoms with Gasteiger partial charge in [0, 0.05) is 17.4 Å². The van der Waals surface area contributed by atoms with Crippen LogP contribution in [0.5, 0.6) is 0 Å². The third kappa shape index (κ3) is 2.83. The molecule has 0 aliphatic heterocycles. The summed E-state index contributed by atoms with van der Waals surface area (Å²) in [5.74, 6) is -0.299. The molecule has 1 amide bonds. The van der Waals surface area contributed by atoms with Crippen molar-refractivity contribution >= 4 is 27.1 Å². The summed E-state index contributed by atoms with van der Waals surface area (Å²) in [5, 5.41) is 7.71. The number of pyridine rings is 1. The first-order valence-corrected chi connectivity index (χ1v) is 7.84. The predicted molar refractivity (Wildman–Crippen MR) is 81.0 cm³/mol. The van der Waals surface area contributed by atoms with Crippen LogP contribution in [-0.4, -0.2) is 23.7 Å². The molecule has 0 saturated heterocycles. The van der Waals surface area contributed by atoms with E-state index < -0.39 is 10.0 Å². The molecule has 0 spiro atoms. The van der Waals surface area contributed by atoms with E-state index in [9.17, 15) is 13.2 Å². The van der Waals surface area contributed by atoms with Gasteiger partial charge in [-0.3, -0.25) is 4.79 Å². The standard InChI is InChI=1S/C14H12N4O3S/c15-22(20,21)13-3-1-11(2-4-13)17-14(19)10-5-6-18-9-16-8-12(18)7-10/h1-9H,(H,17,19)(H2,15,20,21). The number of fused-ring (bicyclic) bond motifs is 1. The number of anilines is 1.